The van der Waals surface area contributed by atoms with E-state index in [0.29, 0.717) is 17.2 Å². The van der Waals surface area contributed by atoms with E-state index in [-0.39, 0.29) is 5.91 Å². The SMILES string of the molecule is CCN/C=C(/C)C(=O)N(O)CC. The van der Waals surface area contributed by atoms with E-state index >= 15 is 0 Å². The van der Waals surface area contributed by atoms with Crippen molar-refractivity contribution in [2.75, 3.05) is 13.1 Å². The van der Waals surface area contributed by atoms with Crippen molar-refractivity contribution >= 4 is 5.91 Å². The van der Waals surface area contributed by atoms with Gasteiger partial charge in [-0.2, -0.15) is 0 Å². The maximum atomic E-state index is 11.1. The highest BCUT2D eigenvalue weighted by Gasteiger charge is 2.09. The van der Waals surface area contributed by atoms with E-state index in [4.69, 9.17) is 5.21 Å². The lowest BCUT2D eigenvalue weighted by atomic mass is 10.3. The van der Waals surface area contributed by atoms with Crippen molar-refractivity contribution in [3.05, 3.63) is 11.8 Å². The van der Waals surface area contributed by atoms with Crippen LogP contribution in [0.4, 0.5) is 0 Å². The summed E-state index contributed by atoms with van der Waals surface area (Å²) >= 11 is 0. The third kappa shape index (κ3) is 3.39. The molecule has 0 saturated heterocycles. The predicted molar refractivity (Wildman–Crippen MR) is 46.6 cm³/mol. The smallest absolute Gasteiger partial charge is 0.274 e. The average Bonchev–Trinajstić information content (AvgIpc) is 2.11. The molecule has 0 saturated carbocycles. The van der Waals surface area contributed by atoms with E-state index < -0.39 is 0 Å². The lowest BCUT2D eigenvalue weighted by Crippen LogP contribution is -2.28. The van der Waals surface area contributed by atoms with Crippen LogP contribution in [0.5, 0.6) is 0 Å². The zero-order valence-electron chi connectivity index (χ0n) is 7.79. The molecule has 0 unspecified atom stereocenters. The van der Waals surface area contributed by atoms with Gasteiger partial charge in [0.15, 0.2) is 0 Å². The summed E-state index contributed by atoms with van der Waals surface area (Å²) in [5, 5.41) is 12.6. The van der Waals surface area contributed by atoms with Gasteiger partial charge in [-0.15, -0.1) is 0 Å². The van der Waals surface area contributed by atoms with Gasteiger partial charge in [-0.3, -0.25) is 10.0 Å². The van der Waals surface area contributed by atoms with Gasteiger partial charge in [-0.05, 0) is 20.8 Å². The highest BCUT2D eigenvalue weighted by molar-refractivity contribution is 5.91. The summed E-state index contributed by atoms with van der Waals surface area (Å²) < 4.78 is 0. The third-order valence-corrected chi connectivity index (χ3v) is 1.39. The van der Waals surface area contributed by atoms with E-state index in [0.717, 1.165) is 6.54 Å². The van der Waals surface area contributed by atoms with E-state index in [2.05, 4.69) is 5.32 Å². The number of carbonyl (C=O) groups is 1. The first-order chi connectivity index (χ1) is 5.63. The summed E-state index contributed by atoms with van der Waals surface area (Å²) in [6.45, 7) is 6.37. The van der Waals surface area contributed by atoms with Gasteiger partial charge in [-0.1, -0.05) is 0 Å². The van der Waals surface area contributed by atoms with Crippen molar-refractivity contribution in [1.29, 1.82) is 0 Å². The maximum Gasteiger partial charge on any atom is 0.274 e. The zero-order valence-corrected chi connectivity index (χ0v) is 7.79. The van der Waals surface area contributed by atoms with Crippen LogP contribution in [-0.2, 0) is 4.79 Å². The van der Waals surface area contributed by atoms with Crippen molar-refractivity contribution in [3.8, 4) is 0 Å². The van der Waals surface area contributed by atoms with Crippen LogP contribution in [0.2, 0.25) is 0 Å². The first-order valence-corrected chi connectivity index (χ1v) is 4.04. The van der Waals surface area contributed by atoms with Crippen molar-refractivity contribution in [3.63, 3.8) is 0 Å². The molecule has 4 heteroatoms. The summed E-state index contributed by atoms with van der Waals surface area (Å²) in [6, 6.07) is 0. The van der Waals surface area contributed by atoms with Gasteiger partial charge in [0.25, 0.3) is 5.91 Å². The molecule has 0 aromatic heterocycles. The summed E-state index contributed by atoms with van der Waals surface area (Å²) in [6.07, 6.45) is 1.60. The van der Waals surface area contributed by atoms with Crippen LogP contribution in [0.15, 0.2) is 11.8 Å². The summed E-state index contributed by atoms with van der Waals surface area (Å²) in [5.41, 5.74) is 0.501. The number of nitrogens with zero attached hydrogens (tertiary/aromatic N) is 1. The molecule has 0 heterocycles. The molecular formula is C8H16N2O2. The molecule has 12 heavy (non-hydrogen) atoms. The summed E-state index contributed by atoms with van der Waals surface area (Å²) in [5.74, 6) is -0.363. The van der Waals surface area contributed by atoms with Gasteiger partial charge in [0.2, 0.25) is 0 Å². The molecule has 1 amide bonds. The number of rotatable bonds is 4. The Balaban J connectivity index is 4.08. The van der Waals surface area contributed by atoms with Crippen LogP contribution in [0, 0.1) is 0 Å². The van der Waals surface area contributed by atoms with Gasteiger partial charge in [0, 0.05) is 24.9 Å². The Bertz CT molecular complexity index is 178. The second-order valence-corrected chi connectivity index (χ2v) is 2.41. The van der Waals surface area contributed by atoms with Gasteiger partial charge < -0.3 is 5.32 Å². The lowest BCUT2D eigenvalue weighted by molar-refractivity contribution is -0.159. The molecule has 0 rings (SSSR count). The maximum absolute atomic E-state index is 11.1. The monoisotopic (exact) mass is 172 g/mol. The Hall–Kier alpha value is -1.03. The van der Waals surface area contributed by atoms with E-state index in [1.165, 1.54) is 0 Å². The molecule has 0 atom stereocenters. The molecule has 0 aromatic carbocycles. The molecule has 0 aromatic rings. The van der Waals surface area contributed by atoms with Crippen LogP contribution >= 0.6 is 0 Å². The van der Waals surface area contributed by atoms with Crippen LogP contribution in [-0.4, -0.2) is 29.3 Å². The van der Waals surface area contributed by atoms with Gasteiger partial charge in [-0.25, -0.2) is 5.06 Å². The standard InChI is InChI=1S/C8H16N2O2/c1-4-9-6-7(3)8(11)10(12)5-2/h6,9,12H,4-5H2,1-3H3/b7-6-. The fourth-order valence-electron chi connectivity index (χ4n) is 0.664. The minimum absolute atomic E-state index is 0.302. The number of amides is 1. The highest BCUT2D eigenvalue weighted by atomic mass is 16.5. The molecule has 0 aliphatic heterocycles. The Morgan fingerprint density at radius 3 is 2.58 bits per heavy atom. The van der Waals surface area contributed by atoms with Crippen molar-refractivity contribution in [1.82, 2.24) is 10.4 Å². The molecule has 0 aliphatic rings. The minimum atomic E-state index is -0.363. The predicted octanol–water partition coefficient (Wildman–Crippen LogP) is 0.737. The van der Waals surface area contributed by atoms with Crippen LogP contribution in [0.1, 0.15) is 20.8 Å². The van der Waals surface area contributed by atoms with Crippen molar-refractivity contribution in [2.45, 2.75) is 20.8 Å². The fourth-order valence-corrected chi connectivity index (χ4v) is 0.664. The van der Waals surface area contributed by atoms with Crippen LogP contribution in [0.3, 0.4) is 0 Å². The second-order valence-electron chi connectivity index (χ2n) is 2.41. The molecule has 4 nitrogen and oxygen atoms in total. The number of hydroxylamine groups is 2. The fraction of sp³-hybridized carbons (Fsp3) is 0.625. The highest BCUT2D eigenvalue weighted by Crippen LogP contribution is 1.96. The zero-order chi connectivity index (χ0) is 9.56. The number of hydrogen-bond acceptors (Lipinski definition) is 3. The second kappa shape index (κ2) is 5.60. The number of nitrogens with one attached hydrogen (secondary N) is 1. The lowest BCUT2D eigenvalue weighted by Gasteiger charge is -2.12. The number of likely N-dealkylation sites (N-methyl/N-ethyl adjacent to an activating group) is 1. The van der Waals surface area contributed by atoms with Crippen LogP contribution < -0.4 is 5.32 Å². The largest absolute Gasteiger partial charge is 0.391 e. The van der Waals surface area contributed by atoms with E-state index in [1.54, 1.807) is 20.0 Å². The van der Waals surface area contributed by atoms with E-state index in [9.17, 15) is 4.79 Å². The third-order valence-electron chi connectivity index (χ3n) is 1.39. The summed E-state index contributed by atoms with van der Waals surface area (Å²) in [4.78, 5) is 11.1. The summed E-state index contributed by atoms with van der Waals surface area (Å²) in [7, 11) is 0. The first-order valence-electron chi connectivity index (χ1n) is 4.04. The van der Waals surface area contributed by atoms with Gasteiger partial charge in [0.05, 0.1) is 0 Å². The quantitative estimate of drug-likeness (QED) is 0.373. The number of carbonyl (C=O) groups excluding carboxylic acids is 1. The molecular weight excluding hydrogens is 156 g/mol. The van der Waals surface area contributed by atoms with Crippen molar-refractivity contribution in [2.24, 2.45) is 0 Å². The molecule has 0 aliphatic carbocycles. The van der Waals surface area contributed by atoms with Crippen molar-refractivity contribution < 1.29 is 10.0 Å². The molecule has 2 N–H and O–H groups in total. The minimum Gasteiger partial charge on any atom is -0.391 e. The molecule has 0 radical (unpaired) electrons. The van der Waals surface area contributed by atoms with Crippen LogP contribution in [0.25, 0.3) is 0 Å². The molecule has 0 fully saturated rings. The Kier molecular flexibility index (Phi) is 5.12. The Morgan fingerprint density at radius 2 is 2.17 bits per heavy atom. The Labute approximate surface area is 72.8 Å². The topological polar surface area (TPSA) is 52.6 Å². The van der Waals surface area contributed by atoms with Gasteiger partial charge >= 0.3 is 0 Å². The van der Waals surface area contributed by atoms with Gasteiger partial charge in [0.1, 0.15) is 0 Å². The number of hydrogen-bond donors (Lipinski definition) is 2. The molecule has 0 bridgehead atoms. The normalized spacial score (nSPS) is 11.2. The first kappa shape index (κ1) is 11.0. The molecule has 0 spiro atoms. The van der Waals surface area contributed by atoms with E-state index in [1.807, 2.05) is 6.92 Å². The Morgan fingerprint density at radius 1 is 1.58 bits per heavy atom. The molecule has 70 valence electrons. The average molecular weight is 172 g/mol.